The van der Waals surface area contributed by atoms with Crippen molar-refractivity contribution in [2.75, 3.05) is 0 Å². The van der Waals surface area contributed by atoms with Gasteiger partial charge in [0.1, 0.15) is 0 Å². The van der Waals surface area contributed by atoms with Crippen LogP contribution in [-0.4, -0.2) is 27.6 Å². The number of aromatic nitrogens is 4. The van der Waals surface area contributed by atoms with Crippen LogP contribution in [0.1, 0.15) is 77.1 Å². The monoisotopic (exact) mass is 1050 g/mol. The van der Waals surface area contributed by atoms with E-state index >= 15 is 0 Å². The molecule has 0 N–H and O–H groups in total. The minimum Gasteiger partial charge on any atom is -0.486 e. The Morgan fingerprint density at radius 1 is 0.769 bits per heavy atom. The molecule has 4 heterocycles. The predicted octanol–water partition coefficient (Wildman–Crippen LogP) is 14.8. The second-order valence-corrected chi connectivity index (χ2v) is 25.2. The van der Waals surface area contributed by atoms with Crippen LogP contribution in [0.15, 0.2) is 138 Å². The number of furan rings is 1. The Kier molecular flexibility index (Phi) is 13.6. The summed E-state index contributed by atoms with van der Waals surface area (Å²) in [4.78, 5) is 14.9. The first-order valence-corrected chi connectivity index (χ1v) is 26.7. The van der Waals surface area contributed by atoms with Crippen molar-refractivity contribution in [1.29, 1.82) is 0 Å². The predicted molar refractivity (Wildman–Crippen MR) is 270 cm³/mol. The fourth-order valence-electron chi connectivity index (χ4n) is 9.51. The molecule has 0 spiro atoms. The zero-order valence-corrected chi connectivity index (χ0v) is 42.5. The van der Waals surface area contributed by atoms with E-state index in [0.717, 1.165) is 80.2 Å². The van der Waals surface area contributed by atoms with Crippen molar-refractivity contribution in [3.8, 4) is 39.5 Å². The minimum absolute atomic E-state index is 0. The molecule has 1 aliphatic rings. The molecule has 1 saturated carbocycles. The molecule has 0 amide bonds. The second kappa shape index (κ2) is 19.2. The third-order valence-electron chi connectivity index (χ3n) is 12.7. The van der Waals surface area contributed by atoms with Crippen molar-refractivity contribution >= 4 is 46.4 Å². The van der Waals surface area contributed by atoms with Crippen molar-refractivity contribution in [1.82, 2.24) is 19.5 Å². The number of imidazole rings is 1. The number of benzene rings is 5. The third-order valence-corrected chi connectivity index (χ3v) is 14.7. The Morgan fingerprint density at radius 2 is 1.52 bits per heavy atom. The summed E-state index contributed by atoms with van der Waals surface area (Å²) in [5.41, 5.74) is 13.7. The number of pyridine rings is 2. The van der Waals surface area contributed by atoms with Crippen LogP contribution in [0, 0.1) is 24.0 Å². The van der Waals surface area contributed by atoms with Crippen molar-refractivity contribution in [3.05, 3.63) is 163 Å². The standard InChI is InChI=1S/C40H36N3O.C18H24NSi.Ir/c1-40(2,3)33-25-28(27-14-5-4-6-15-27)20-23-35(33)43-36-19-10-9-18-34(36)42-38(43)32-17-11-16-30-31-22-21-29(24-26-12-7-8-13-26)41-39(31)44-37(30)32;1-14(2)11-16-12-17(15-9-7-6-8-10-15)19-13-18(16)20(3,4)5;/h4-6,9-11,14-16,18-23,25-26H,7-8,12-13,24H2,1-3H3;6-9,12-14H,11H2,1-5H3;/q2*-1;. The van der Waals surface area contributed by atoms with Crippen molar-refractivity contribution in [2.24, 2.45) is 11.8 Å². The Labute approximate surface area is 400 Å². The first-order chi connectivity index (χ1) is 30.8. The summed E-state index contributed by atoms with van der Waals surface area (Å²) in [5, 5.41) is 3.57. The molecular formula is C58H60IrN4OSi-2. The van der Waals surface area contributed by atoms with Gasteiger partial charge >= 0.3 is 0 Å². The number of hydrogen-bond donors (Lipinski definition) is 0. The average Bonchev–Trinajstić information content (AvgIpc) is 4.04. The van der Waals surface area contributed by atoms with E-state index in [2.05, 4.69) is 179 Å². The molecule has 1 fully saturated rings. The molecule has 10 rings (SSSR count). The van der Waals surface area contributed by atoms with E-state index < -0.39 is 8.07 Å². The van der Waals surface area contributed by atoms with Gasteiger partial charge in [-0.25, -0.2) is 4.98 Å². The molecule has 0 aliphatic heterocycles. The van der Waals surface area contributed by atoms with Gasteiger partial charge in [0.2, 0.25) is 5.71 Å². The summed E-state index contributed by atoms with van der Waals surface area (Å²) in [6, 6.07) is 51.4. The van der Waals surface area contributed by atoms with Crippen LogP contribution in [0.3, 0.4) is 0 Å². The number of fused-ring (bicyclic) bond motifs is 4. The average molecular weight is 1050 g/mol. The van der Waals surface area contributed by atoms with E-state index in [1.807, 2.05) is 30.3 Å². The van der Waals surface area contributed by atoms with Crippen LogP contribution in [0.2, 0.25) is 19.6 Å². The summed E-state index contributed by atoms with van der Waals surface area (Å²) in [7, 11) is -1.34. The molecule has 5 nitrogen and oxygen atoms in total. The number of nitrogens with zero attached hydrogens (tertiary/aromatic N) is 4. The summed E-state index contributed by atoms with van der Waals surface area (Å²) in [5.74, 6) is 2.22. The Bertz CT molecular complexity index is 3060. The van der Waals surface area contributed by atoms with Crippen LogP contribution in [0.4, 0.5) is 0 Å². The summed E-state index contributed by atoms with van der Waals surface area (Å²) < 4.78 is 8.90. The largest absolute Gasteiger partial charge is 0.486 e. The normalized spacial score (nSPS) is 13.4. The fourth-order valence-corrected chi connectivity index (χ4v) is 11.1. The smallest absolute Gasteiger partial charge is 0.216 e. The van der Waals surface area contributed by atoms with Crippen LogP contribution in [0.25, 0.3) is 72.6 Å². The minimum atomic E-state index is -1.34. The van der Waals surface area contributed by atoms with E-state index in [0.29, 0.717) is 11.6 Å². The van der Waals surface area contributed by atoms with Crippen molar-refractivity contribution in [3.63, 3.8) is 0 Å². The van der Waals surface area contributed by atoms with Crippen molar-refractivity contribution in [2.45, 2.75) is 98.2 Å². The summed E-state index contributed by atoms with van der Waals surface area (Å²) in [6.07, 6.45) is 9.54. The first kappa shape index (κ1) is 46.1. The van der Waals surface area contributed by atoms with Gasteiger partial charge in [-0.2, -0.15) is 0 Å². The fraction of sp³-hybridized carbons (Fsp3) is 0.293. The number of rotatable bonds is 9. The maximum Gasteiger partial charge on any atom is 0.216 e. The quantitative estimate of drug-likeness (QED) is 0.107. The van der Waals surface area contributed by atoms with Gasteiger partial charge in [-0.3, -0.25) is 4.98 Å². The molecule has 0 atom stereocenters. The maximum absolute atomic E-state index is 6.61. The van der Waals surface area contributed by atoms with E-state index in [4.69, 9.17) is 14.4 Å². The summed E-state index contributed by atoms with van der Waals surface area (Å²) >= 11 is 0. The van der Waals surface area contributed by atoms with Gasteiger partial charge in [-0.1, -0.05) is 151 Å². The Hall–Kier alpha value is -5.46. The molecule has 1 radical (unpaired) electrons. The van der Waals surface area contributed by atoms with Gasteiger partial charge in [-0.05, 0) is 94.1 Å². The van der Waals surface area contributed by atoms with Crippen LogP contribution < -0.4 is 5.19 Å². The molecule has 65 heavy (non-hydrogen) atoms. The molecule has 1 aliphatic carbocycles. The third kappa shape index (κ3) is 9.89. The topological polar surface area (TPSA) is 56.7 Å². The van der Waals surface area contributed by atoms with Gasteiger partial charge < -0.3 is 14.0 Å². The van der Waals surface area contributed by atoms with Crippen LogP contribution >= 0.6 is 0 Å². The molecule has 0 bridgehead atoms. The van der Waals surface area contributed by atoms with Crippen LogP contribution in [0.5, 0.6) is 0 Å². The molecule has 7 heteroatoms. The summed E-state index contributed by atoms with van der Waals surface area (Å²) in [6.45, 7) is 18.6. The maximum atomic E-state index is 6.61. The van der Waals surface area contributed by atoms with Gasteiger partial charge in [0.15, 0.2) is 0 Å². The van der Waals surface area contributed by atoms with Gasteiger partial charge in [-0.15, -0.1) is 54.1 Å². The first-order valence-electron chi connectivity index (χ1n) is 23.2. The van der Waals surface area contributed by atoms with E-state index in [-0.39, 0.29) is 25.5 Å². The van der Waals surface area contributed by atoms with Gasteiger partial charge in [0.05, 0.1) is 30.5 Å². The second-order valence-electron chi connectivity index (χ2n) is 20.2. The number of hydrogen-bond acceptors (Lipinski definition) is 4. The molecule has 0 saturated heterocycles. The number of para-hydroxylation sites is 2. The zero-order valence-electron chi connectivity index (χ0n) is 39.1. The van der Waals surface area contributed by atoms with Gasteiger partial charge in [0.25, 0.3) is 0 Å². The van der Waals surface area contributed by atoms with E-state index in [1.54, 1.807) is 0 Å². The van der Waals surface area contributed by atoms with Gasteiger partial charge in [0, 0.05) is 43.1 Å². The Morgan fingerprint density at radius 3 is 2.25 bits per heavy atom. The Balaban J connectivity index is 0.000000232. The zero-order chi connectivity index (χ0) is 44.6. The van der Waals surface area contributed by atoms with E-state index in [9.17, 15) is 0 Å². The molecule has 4 aromatic heterocycles. The molecule has 0 unspecified atom stereocenters. The van der Waals surface area contributed by atoms with Crippen LogP contribution in [-0.2, 0) is 38.4 Å². The molecular weight excluding hydrogens is 989 g/mol. The molecule has 5 aromatic carbocycles. The molecule has 333 valence electrons. The van der Waals surface area contributed by atoms with E-state index in [1.165, 1.54) is 53.1 Å². The molecule has 9 aromatic rings. The SMILES string of the molecule is CC(C)(C)c1cc(-c2ccccc2)ccc1-n1c(-c2[c-]ccc3c2oc2nc(CC4CCCC4)ccc23)nc2ccccc21.CC(C)Cc1cc(-c2[c-]cccc2)ncc1[Si](C)(C)C.[Ir]. The van der Waals surface area contributed by atoms with Crippen molar-refractivity contribution < 1.29 is 24.5 Å².